The lowest BCUT2D eigenvalue weighted by molar-refractivity contribution is 0.0531. The monoisotopic (exact) mass is 393 g/mol. The third-order valence-corrected chi connectivity index (χ3v) is 6.19. The summed E-state index contributed by atoms with van der Waals surface area (Å²) in [4.78, 5) is 34.0. The van der Waals surface area contributed by atoms with Crippen molar-refractivity contribution in [3.05, 3.63) is 38.0 Å². The van der Waals surface area contributed by atoms with E-state index in [2.05, 4.69) is 15.3 Å². The summed E-state index contributed by atoms with van der Waals surface area (Å²) in [6, 6.07) is 1.97. The first kappa shape index (κ1) is 17.7. The largest absolute Gasteiger partial charge is 0.462 e. The lowest BCUT2D eigenvalue weighted by atomic mass is 10.3. The standard InChI is InChI=1S/C16H15N3O3S3/c1-4-22-15(21)12-9(3)18-16(25-12)19-13(20)11-8(2)17-14(24-11)10-5-6-23-7-10/h5-7H,4H2,1-3H3,(H,18,19,20). The van der Waals surface area contributed by atoms with E-state index in [4.69, 9.17) is 4.74 Å². The van der Waals surface area contributed by atoms with Gasteiger partial charge in [-0.2, -0.15) is 11.3 Å². The second-order valence-electron chi connectivity index (χ2n) is 5.05. The minimum absolute atomic E-state index is 0.277. The fraction of sp³-hybridized carbons (Fsp3) is 0.250. The Labute approximate surface area is 156 Å². The van der Waals surface area contributed by atoms with Crippen LogP contribution in [0.1, 0.15) is 37.7 Å². The van der Waals surface area contributed by atoms with Crippen molar-refractivity contribution in [3.8, 4) is 10.6 Å². The lowest BCUT2D eigenvalue weighted by Crippen LogP contribution is -2.11. The van der Waals surface area contributed by atoms with Crippen molar-refractivity contribution < 1.29 is 14.3 Å². The van der Waals surface area contributed by atoms with Gasteiger partial charge in [0.2, 0.25) is 0 Å². The molecule has 0 aliphatic rings. The number of thiophene rings is 1. The van der Waals surface area contributed by atoms with Crippen LogP contribution in [-0.2, 0) is 4.74 Å². The average Bonchev–Trinajstić information content (AvgIpc) is 3.27. The quantitative estimate of drug-likeness (QED) is 0.651. The van der Waals surface area contributed by atoms with Gasteiger partial charge in [-0.3, -0.25) is 10.1 Å². The summed E-state index contributed by atoms with van der Waals surface area (Å²) in [5.74, 6) is -0.702. The van der Waals surface area contributed by atoms with Gasteiger partial charge in [-0.1, -0.05) is 11.3 Å². The molecule has 25 heavy (non-hydrogen) atoms. The number of carbonyl (C=O) groups excluding carboxylic acids is 2. The summed E-state index contributed by atoms with van der Waals surface area (Å²) in [6.07, 6.45) is 0. The molecule has 0 bridgehead atoms. The number of nitrogens with one attached hydrogen (secondary N) is 1. The predicted molar refractivity (Wildman–Crippen MR) is 101 cm³/mol. The van der Waals surface area contributed by atoms with Gasteiger partial charge in [0.25, 0.3) is 5.91 Å². The van der Waals surface area contributed by atoms with E-state index in [1.165, 1.54) is 11.3 Å². The molecule has 6 nitrogen and oxygen atoms in total. The van der Waals surface area contributed by atoms with E-state index >= 15 is 0 Å². The fourth-order valence-corrected chi connectivity index (χ4v) is 4.63. The molecule has 1 amide bonds. The lowest BCUT2D eigenvalue weighted by Gasteiger charge is -1.99. The number of aryl methyl sites for hydroxylation is 2. The Morgan fingerprint density at radius 3 is 2.60 bits per heavy atom. The Hall–Kier alpha value is -2.10. The predicted octanol–water partition coefficient (Wildman–Crippen LogP) is 4.37. The molecule has 0 saturated heterocycles. The Bertz CT molecular complexity index is 913. The molecule has 0 saturated carbocycles. The molecule has 3 rings (SSSR count). The van der Waals surface area contributed by atoms with Crippen LogP contribution in [0.3, 0.4) is 0 Å². The van der Waals surface area contributed by atoms with Crippen LogP contribution in [0.25, 0.3) is 10.6 Å². The SMILES string of the molecule is CCOC(=O)c1sc(NC(=O)c2sc(-c3ccsc3)nc2C)nc1C. The number of anilines is 1. The van der Waals surface area contributed by atoms with Crippen molar-refractivity contribution in [1.29, 1.82) is 0 Å². The zero-order valence-electron chi connectivity index (χ0n) is 13.8. The van der Waals surface area contributed by atoms with E-state index in [-0.39, 0.29) is 5.91 Å². The molecule has 0 radical (unpaired) electrons. The number of aromatic nitrogens is 2. The molecular formula is C16H15N3O3S3. The topological polar surface area (TPSA) is 81.2 Å². The first-order valence-electron chi connectivity index (χ1n) is 7.45. The second kappa shape index (κ2) is 7.42. The van der Waals surface area contributed by atoms with Crippen molar-refractivity contribution in [2.45, 2.75) is 20.8 Å². The summed E-state index contributed by atoms with van der Waals surface area (Å²) < 4.78 is 4.99. The van der Waals surface area contributed by atoms with Crippen molar-refractivity contribution >= 4 is 51.0 Å². The molecule has 0 atom stereocenters. The van der Waals surface area contributed by atoms with Crippen LogP contribution >= 0.6 is 34.0 Å². The number of thiazole rings is 2. The Morgan fingerprint density at radius 1 is 1.16 bits per heavy atom. The number of carbonyl (C=O) groups is 2. The normalized spacial score (nSPS) is 10.7. The minimum Gasteiger partial charge on any atom is -0.462 e. The number of ether oxygens (including phenoxy) is 1. The third kappa shape index (κ3) is 3.78. The molecular weight excluding hydrogens is 378 g/mol. The van der Waals surface area contributed by atoms with Gasteiger partial charge >= 0.3 is 5.97 Å². The number of hydrogen-bond donors (Lipinski definition) is 1. The van der Waals surface area contributed by atoms with Crippen LogP contribution in [0.15, 0.2) is 16.8 Å². The number of nitrogens with zero attached hydrogens (tertiary/aromatic N) is 2. The smallest absolute Gasteiger partial charge is 0.350 e. The zero-order chi connectivity index (χ0) is 18.0. The van der Waals surface area contributed by atoms with Gasteiger partial charge < -0.3 is 4.74 Å². The van der Waals surface area contributed by atoms with Gasteiger partial charge in [-0.25, -0.2) is 14.8 Å². The molecule has 9 heteroatoms. The molecule has 0 spiro atoms. The maximum Gasteiger partial charge on any atom is 0.350 e. The van der Waals surface area contributed by atoms with Crippen LogP contribution in [0.5, 0.6) is 0 Å². The Balaban J connectivity index is 1.79. The molecule has 3 aromatic heterocycles. The number of amides is 1. The number of esters is 1. The first-order chi connectivity index (χ1) is 12.0. The highest BCUT2D eigenvalue weighted by Gasteiger charge is 2.20. The van der Waals surface area contributed by atoms with Crippen LogP contribution in [-0.4, -0.2) is 28.5 Å². The van der Waals surface area contributed by atoms with E-state index in [1.54, 1.807) is 32.1 Å². The van der Waals surface area contributed by atoms with E-state index in [0.717, 1.165) is 21.9 Å². The van der Waals surface area contributed by atoms with Crippen LogP contribution in [0, 0.1) is 13.8 Å². The molecule has 1 N–H and O–H groups in total. The van der Waals surface area contributed by atoms with Crippen molar-refractivity contribution in [2.24, 2.45) is 0 Å². The van der Waals surface area contributed by atoms with E-state index in [9.17, 15) is 9.59 Å². The van der Waals surface area contributed by atoms with Gasteiger partial charge in [0, 0.05) is 10.9 Å². The molecule has 3 heterocycles. The summed E-state index contributed by atoms with van der Waals surface area (Å²) in [6.45, 7) is 5.56. The highest BCUT2D eigenvalue weighted by atomic mass is 32.1. The zero-order valence-corrected chi connectivity index (χ0v) is 16.2. The number of rotatable bonds is 5. The van der Waals surface area contributed by atoms with Gasteiger partial charge in [0.1, 0.15) is 14.8 Å². The molecule has 3 aromatic rings. The second-order valence-corrected chi connectivity index (χ2v) is 7.83. The van der Waals surface area contributed by atoms with Gasteiger partial charge in [-0.15, -0.1) is 11.3 Å². The summed E-state index contributed by atoms with van der Waals surface area (Å²) in [5, 5.41) is 7.90. The van der Waals surface area contributed by atoms with Crippen LogP contribution in [0.2, 0.25) is 0 Å². The summed E-state index contributed by atoms with van der Waals surface area (Å²) in [5.41, 5.74) is 2.22. The molecule has 130 valence electrons. The van der Waals surface area contributed by atoms with E-state index in [0.29, 0.717) is 32.9 Å². The van der Waals surface area contributed by atoms with Crippen molar-refractivity contribution in [3.63, 3.8) is 0 Å². The van der Waals surface area contributed by atoms with Gasteiger partial charge in [-0.05, 0) is 32.2 Å². The molecule has 0 aliphatic carbocycles. The molecule has 0 aliphatic heterocycles. The number of hydrogen-bond acceptors (Lipinski definition) is 8. The maximum absolute atomic E-state index is 12.5. The molecule has 0 unspecified atom stereocenters. The van der Waals surface area contributed by atoms with E-state index < -0.39 is 5.97 Å². The highest BCUT2D eigenvalue weighted by Crippen LogP contribution is 2.30. The fourth-order valence-electron chi connectivity index (χ4n) is 2.11. The summed E-state index contributed by atoms with van der Waals surface area (Å²) >= 11 is 4.03. The average molecular weight is 394 g/mol. The third-order valence-electron chi connectivity index (χ3n) is 3.25. The van der Waals surface area contributed by atoms with Crippen LogP contribution in [0.4, 0.5) is 5.13 Å². The molecule has 0 aromatic carbocycles. The van der Waals surface area contributed by atoms with Crippen molar-refractivity contribution in [1.82, 2.24) is 9.97 Å². The minimum atomic E-state index is -0.424. The maximum atomic E-state index is 12.5. The Morgan fingerprint density at radius 2 is 1.92 bits per heavy atom. The van der Waals surface area contributed by atoms with Gasteiger partial charge in [0.05, 0.1) is 18.0 Å². The summed E-state index contributed by atoms with van der Waals surface area (Å²) in [7, 11) is 0. The Kier molecular flexibility index (Phi) is 5.26. The molecule has 0 fully saturated rings. The first-order valence-corrected chi connectivity index (χ1v) is 10.0. The van der Waals surface area contributed by atoms with E-state index in [1.807, 2.05) is 16.8 Å². The van der Waals surface area contributed by atoms with Gasteiger partial charge in [0.15, 0.2) is 5.13 Å². The van der Waals surface area contributed by atoms with Crippen LogP contribution < -0.4 is 5.32 Å². The van der Waals surface area contributed by atoms with Crippen molar-refractivity contribution in [2.75, 3.05) is 11.9 Å². The highest BCUT2D eigenvalue weighted by molar-refractivity contribution is 7.19.